The number of thioether (sulfide) groups is 1. The van der Waals surface area contributed by atoms with Crippen LogP contribution in [-0.4, -0.2) is 27.3 Å². The highest BCUT2D eigenvalue weighted by Gasteiger charge is 2.68. The van der Waals surface area contributed by atoms with E-state index in [9.17, 15) is 9.59 Å². The predicted molar refractivity (Wildman–Crippen MR) is 113 cm³/mol. The molecule has 3 nitrogen and oxygen atoms in total. The van der Waals surface area contributed by atoms with Gasteiger partial charge in [-0.05, 0) is 35.6 Å². The van der Waals surface area contributed by atoms with Gasteiger partial charge in [-0.1, -0.05) is 81.1 Å². The summed E-state index contributed by atoms with van der Waals surface area (Å²) in [4.78, 5) is 28.1. The molecule has 2 amide bonds. The normalized spacial score (nSPS) is 33.3. The average Bonchev–Trinajstić information content (AvgIpc) is 3.09. The second-order valence-electron chi connectivity index (χ2n) is 8.76. The van der Waals surface area contributed by atoms with Gasteiger partial charge in [-0.25, -0.2) is 0 Å². The van der Waals surface area contributed by atoms with Crippen LogP contribution in [0, 0.1) is 5.92 Å². The van der Waals surface area contributed by atoms with Crippen molar-refractivity contribution in [1.29, 1.82) is 0 Å². The molecule has 3 aliphatic carbocycles. The standard InChI is InChI=1S/C24H25NO2S/c1-5-14(2)21(26)25-19-20(28-22(25)27)24(4)17-12-8-6-10-15(17)23(19,3)16-11-7-9-13-18(16)24/h6-14,19-20H,5H2,1-4H3/t14-,19-,20+,23?,24?/m0/s1. The van der Waals surface area contributed by atoms with Crippen LogP contribution < -0.4 is 0 Å². The van der Waals surface area contributed by atoms with Crippen molar-refractivity contribution in [1.82, 2.24) is 4.90 Å². The third kappa shape index (κ3) is 1.87. The molecular weight excluding hydrogens is 366 g/mol. The van der Waals surface area contributed by atoms with Crippen molar-refractivity contribution in [2.24, 2.45) is 5.92 Å². The van der Waals surface area contributed by atoms with E-state index in [1.807, 2.05) is 13.8 Å². The highest BCUT2D eigenvalue weighted by Crippen LogP contribution is 2.65. The van der Waals surface area contributed by atoms with E-state index >= 15 is 0 Å². The minimum Gasteiger partial charge on any atom is -0.274 e. The van der Waals surface area contributed by atoms with Crippen molar-refractivity contribution in [2.75, 3.05) is 0 Å². The molecule has 6 rings (SSSR count). The molecule has 4 heteroatoms. The van der Waals surface area contributed by atoms with Gasteiger partial charge in [-0.2, -0.15) is 0 Å². The summed E-state index contributed by atoms with van der Waals surface area (Å²) in [7, 11) is 0. The van der Waals surface area contributed by atoms with Crippen LogP contribution in [0.2, 0.25) is 0 Å². The fourth-order valence-corrected chi connectivity index (χ4v) is 7.35. The Balaban J connectivity index is 1.82. The smallest absolute Gasteiger partial charge is 0.274 e. The summed E-state index contributed by atoms with van der Waals surface area (Å²) in [6.45, 7) is 8.44. The summed E-state index contributed by atoms with van der Waals surface area (Å²) in [6, 6.07) is 17.0. The van der Waals surface area contributed by atoms with Crippen LogP contribution in [0.5, 0.6) is 0 Å². The third-order valence-corrected chi connectivity index (χ3v) is 8.89. The topological polar surface area (TPSA) is 37.4 Å². The van der Waals surface area contributed by atoms with Crippen molar-refractivity contribution < 1.29 is 9.59 Å². The van der Waals surface area contributed by atoms with Crippen LogP contribution in [0.15, 0.2) is 48.5 Å². The zero-order valence-corrected chi connectivity index (χ0v) is 17.5. The quantitative estimate of drug-likeness (QED) is 0.714. The van der Waals surface area contributed by atoms with Gasteiger partial charge in [0.25, 0.3) is 5.24 Å². The molecular formula is C24H25NO2S. The van der Waals surface area contributed by atoms with E-state index in [4.69, 9.17) is 0 Å². The Morgan fingerprint density at radius 2 is 1.46 bits per heavy atom. The SMILES string of the molecule is CC[C@H](C)C(=O)N1C(=O)S[C@@H]2[C@H]1C1(C)c3ccccc3C2(C)c2ccccc21. The molecule has 1 heterocycles. The van der Waals surface area contributed by atoms with E-state index in [1.165, 1.54) is 34.0 Å². The molecule has 3 atom stereocenters. The number of amides is 2. The monoisotopic (exact) mass is 391 g/mol. The van der Waals surface area contributed by atoms with Crippen molar-refractivity contribution in [2.45, 2.75) is 56.2 Å². The maximum absolute atomic E-state index is 13.3. The van der Waals surface area contributed by atoms with Gasteiger partial charge >= 0.3 is 0 Å². The molecule has 0 radical (unpaired) electrons. The third-order valence-electron chi connectivity index (χ3n) is 7.51. The molecule has 2 aromatic carbocycles. The summed E-state index contributed by atoms with van der Waals surface area (Å²) in [5, 5.41) is -0.0545. The minimum atomic E-state index is -0.391. The highest BCUT2D eigenvalue weighted by molar-refractivity contribution is 8.14. The summed E-state index contributed by atoms with van der Waals surface area (Å²) in [5.74, 6) is -0.175. The second-order valence-corrected chi connectivity index (χ2v) is 9.86. The van der Waals surface area contributed by atoms with Gasteiger partial charge in [0.05, 0.1) is 6.04 Å². The summed E-state index contributed by atoms with van der Waals surface area (Å²) in [5.41, 5.74) is 4.44. The fraction of sp³-hybridized carbons (Fsp3) is 0.417. The Morgan fingerprint density at radius 1 is 1.00 bits per heavy atom. The number of imide groups is 1. The highest BCUT2D eigenvalue weighted by atomic mass is 32.2. The minimum absolute atomic E-state index is 0.0279. The summed E-state index contributed by atoms with van der Waals surface area (Å²) >= 11 is 1.37. The molecule has 28 heavy (non-hydrogen) atoms. The van der Waals surface area contributed by atoms with E-state index < -0.39 is 5.41 Å². The first kappa shape index (κ1) is 18.0. The van der Waals surface area contributed by atoms with Crippen molar-refractivity contribution in [3.63, 3.8) is 0 Å². The zero-order valence-electron chi connectivity index (χ0n) is 16.7. The fourth-order valence-electron chi connectivity index (χ4n) is 5.81. The molecule has 2 bridgehead atoms. The van der Waals surface area contributed by atoms with Gasteiger partial charge in [0, 0.05) is 22.0 Å². The molecule has 1 fully saturated rings. The number of rotatable bonds is 2. The Bertz CT molecular complexity index is 966. The lowest BCUT2D eigenvalue weighted by molar-refractivity contribution is -0.134. The molecule has 0 spiro atoms. The van der Waals surface area contributed by atoms with Crippen molar-refractivity contribution >= 4 is 22.9 Å². The van der Waals surface area contributed by atoms with Crippen LogP contribution in [-0.2, 0) is 15.6 Å². The molecule has 0 saturated carbocycles. The number of carbonyl (C=O) groups is 2. The van der Waals surface area contributed by atoms with Crippen LogP contribution in [0.4, 0.5) is 4.79 Å². The van der Waals surface area contributed by atoms with Gasteiger partial charge in [-0.15, -0.1) is 0 Å². The first-order valence-corrected chi connectivity index (χ1v) is 11.0. The van der Waals surface area contributed by atoms with E-state index in [0.717, 1.165) is 6.42 Å². The molecule has 4 aliphatic rings. The van der Waals surface area contributed by atoms with E-state index in [-0.39, 0.29) is 33.8 Å². The van der Waals surface area contributed by atoms with E-state index in [2.05, 4.69) is 62.4 Å². The predicted octanol–water partition coefficient (Wildman–Crippen LogP) is 5.10. The lowest BCUT2D eigenvalue weighted by Gasteiger charge is -2.60. The van der Waals surface area contributed by atoms with Crippen molar-refractivity contribution in [3.05, 3.63) is 70.8 Å². The molecule has 0 aromatic heterocycles. The summed E-state index contributed by atoms with van der Waals surface area (Å²) in [6.07, 6.45) is 0.742. The maximum atomic E-state index is 13.3. The maximum Gasteiger partial charge on any atom is 0.288 e. The number of hydrogen-bond donors (Lipinski definition) is 0. The molecule has 1 aliphatic heterocycles. The number of benzene rings is 2. The molecule has 2 aromatic rings. The van der Waals surface area contributed by atoms with Crippen LogP contribution in [0.3, 0.4) is 0 Å². The van der Waals surface area contributed by atoms with Crippen molar-refractivity contribution in [3.8, 4) is 0 Å². The van der Waals surface area contributed by atoms with Crippen LogP contribution >= 0.6 is 11.8 Å². The van der Waals surface area contributed by atoms with E-state index in [0.29, 0.717) is 0 Å². The Kier molecular flexibility index (Phi) is 3.68. The van der Waals surface area contributed by atoms with Crippen LogP contribution in [0.1, 0.15) is 56.4 Å². The lowest BCUT2D eigenvalue weighted by Crippen LogP contribution is -2.66. The summed E-state index contributed by atoms with van der Waals surface area (Å²) < 4.78 is 0. The molecule has 144 valence electrons. The van der Waals surface area contributed by atoms with Gasteiger partial charge in [0.2, 0.25) is 5.91 Å². The first-order chi connectivity index (χ1) is 13.4. The average molecular weight is 392 g/mol. The van der Waals surface area contributed by atoms with Gasteiger partial charge < -0.3 is 0 Å². The lowest BCUT2D eigenvalue weighted by atomic mass is 9.47. The zero-order chi connectivity index (χ0) is 19.8. The molecule has 0 unspecified atom stereocenters. The molecule has 0 N–H and O–H groups in total. The number of nitrogens with zero attached hydrogens (tertiary/aromatic N) is 1. The van der Waals surface area contributed by atoms with Crippen LogP contribution in [0.25, 0.3) is 0 Å². The van der Waals surface area contributed by atoms with Gasteiger partial charge in [-0.3, -0.25) is 14.5 Å². The Hall–Kier alpha value is -2.07. The number of hydrogen-bond acceptors (Lipinski definition) is 3. The number of carbonyl (C=O) groups excluding carboxylic acids is 2. The van der Waals surface area contributed by atoms with E-state index in [1.54, 1.807) is 4.90 Å². The largest absolute Gasteiger partial charge is 0.288 e. The van der Waals surface area contributed by atoms with Gasteiger partial charge in [0.15, 0.2) is 0 Å². The second kappa shape index (κ2) is 5.73. The molecule has 1 saturated heterocycles. The van der Waals surface area contributed by atoms with Gasteiger partial charge in [0.1, 0.15) is 0 Å². The first-order valence-electron chi connectivity index (χ1n) is 10.1. The Morgan fingerprint density at radius 3 is 1.93 bits per heavy atom. The Labute approximate surface area is 170 Å².